The Morgan fingerprint density at radius 1 is 1.38 bits per heavy atom. The van der Waals surface area contributed by atoms with E-state index in [1.807, 2.05) is 0 Å². The molecule has 0 unspecified atom stereocenters. The Bertz CT molecular complexity index is 74.9. The Morgan fingerprint density at radius 2 is 1.75 bits per heavy atom. The van der Waals surface area contributed by atoms with Crippen molar-refractivity contribution in [3.63, 3.8) is 0 Å². The van der Waals surface area contributed by atoms with Gasteiger partial charge in [-0.1, -0.05) is 0 Å². The van der Waals surface area contributed by atoms with Gasteiger partial charge >= 0.3 is 59.0 Å². The zero-order valence-electron chi connectivity index (χ0n) is 5.94. The van der Waals surface area contributed by atoms with E-state index in [0.29, 0.717) is 0 Å². The summed E-state index contributed by atoms with van der Waals surface area (Å²) < 4.78 is 5.02. The fourth-order valence-corrected chi connectivity index (χ4v) is 1.92. The molecular formula is C5H14BrOP. The topological polar surface area (TPSA) is 9.23 Å². The number of ether oxygens (including phenoxy) is 1. The molecule has 0 aromatic heterocycles. The van der Waals surface area contributed by atoms with Crippen molar-refractivity contribution in [2.24, 2.45) is 0 Å². The number of hydrogen-bond acceptors (Lipinski definition) is 1. The van der Waals surface area contributed by atoms with Gasteiger partial charge < -0.3 is 0 Å². The number of methoxy groups -OCH3 is 1. The third-order valence-corrected chi connectivity index (χ3v) is 2.31. The van der Waals surface area contributed by atoms with Crippen molar-refractivity contribution in [3.8, 4) is 0 Å². The predicted molar refractivity (Wildman–Crippen MR) is 45.5 cm³/mol. The maximum absolute atomic E-state index is 5.02. The summed E-state index contributed by atoms with van der Waals surface area (Å²) in [5.74, 6) is 0. The first kappa shape index (κ1) is 8.87. The summed E-state index contributed by atoms with van der Waals surface area (Å²) in [5, 5.41) is -1.51. The van der Waals surface area contributed by atoms with Crippen LogP contribution < -0.4 is 0 Å². The van der Waals surface area contributed by atoms with Crippen LogP contribution in [0, 0.1) is 0 Å². The minimum absolute atomic E-state index is 0.853. The molecule has 0 fully saturated rings. The van der Waals surface area contributed by atoms with Crippen LogP contribution in [0.15, 0.2) is 0 Å². The van der Waals surface area contributed by atoms with Gasteiger partial charge in [0.15, 0.2) is 0 Å². The molecule has 0 aliphatic carbocycles. The Hall–Kier alpha value is 0.870. The van der Waals surface area contributed by atoms with E-state index >= 15 is 0 Å². The molecule has 0 aromatic carbocycles. The van der Waals surface area contributed by atoms with Gasteiger partial charge in [0, 0.05) is 0 Å². The van der Waals surface area contributed by atoms with Crippen LogP contribution in [0.4, 0.5) is 0 Å². The molecule has 0 aromatic rings. The zero-order valence-corrected chi connectivity index (χ0v) is 8.42. The van der Waals surface area contributed by atoms with Gasteiger partial charge in [-0.2, -0.15) is 0 Å². The van der Waals surface area contributed by atoms with Crippen LogP contribution in [0.25, 0.3) is 0 Å². The van der Waals surface area contributed by atoms with Crippen molar-refractivity contribution in [2.45, 2.75) is 0 Å². The van der Waals surface area contributed by atoms with E-state index in [-0.39, 0.29) is 0 Å². The van der Waals surface area contributed by atoms with Crippen LogP contribution in [-0.4, -0.2) is 33.5 Å². The minimum atomic E-state index is -1.51. The van der Waals surface area contributed by atoms with Crippen molar-refractivity contribution in [3.05, 3.63) is 0 Å². The molecule has 0 aliphatic rings. The summed E-state index contributed by atoms with van der Waals surface area (Å²) in [6.45, 7) is 6.65. The van der Waals surface area contributed by atoms with E-state index in [9.17, 15) is 0 Å². The Kier molecular flexibility index (Phi) is 2.49. The van der Waals surface area contributed by atoms with Crippen molar-refractivity contribution in [2.75, 3.05) is 33.5 Å². The molecule has 0 saturated heterocycles. The molecule has 0 aliphatic heterocycles. The summed E-state index contributed by atoms with van der Waals surface area (Å²) in [6, 6.07) is 0. The number of rotatable bonds is 2. The third-order valence-electron chi connectivity index (χ3n) is 0.565. The van der Waals surface area contributed by atoms with Gasteiger partial charge in [-0.15, -0.1) is 0 Å². The average Bonchev–Trinajstić information content (AvgIpc) is 1.25. The first-order chi connectivity index (χ1) is 3.31. The van der Waals surface area contributed by atoms with Gasteiger partial charge in [-0.05, 0) is 0 Å². The molecule has 0 radical (unpaired) electrons. The van der Waals surface area contributed by atoms with Crippen LogP contribution in [0.3, 0.4) is 0 Å². The Balaban J connectivity index is 3.73. The summed E-state index contributed by atoms with van der Waals surface area (Å²) in [7, 11) is 1.74. The van der Waals surface area contributed by atoms with E-state index < -0.39 is 5.31 Å². The van der Waals surface area contributed by atoms with Gasteiger partial charge in [0.25, 0.3) is 0 Å². The molecule has 0 saturated carbocycles. The fourth-order valence-electron chi connectivity index (χ4n) is 0.436. The van der Waals surface area contributed by atoms with Crippen molar-refractivity contribution in [1.29, 1.82) is 0 Å². The van der Waals surface area contributed by atoms with E-state index in [2.05, 4.69) is 35.5 Å². The molecule has 0 heterocycles. The average molecular weight is 201 g/mol. The van der Waals surface area contributed by atoms with Gasteiger partial charge in [0.05, 0.1) is 0 Å². The molecule has 0 rings (SSSR count). The van der Waals surface area contributed by atoms with Gasteiger partial charge in [-0.25, -0.2) is 0 Å². The van der Waals surface area contributed by atoms with E-state index in [4.69, 9.17) is 4.74 Å². The van der Waals surface area contributed by atoms with Crippen LogP contribution in [0.1, 0.15) is 0 Å². The molecule has 3 heteroatoms. The SMILES string of the molecule is COCP(C)(C)(C)Br. The summed E-state index contributed by atoms with van der Waals surface area (Å²) in [5.41, 5.74) is 0. The monoisotopic (exact) mass is 200 g/mol. The Morgan fingerprint density at radius 3 is 1.75 bits per heavy atom. The molecule has 8 heavy (non-hydrogen) atoms. The van der Waals surface area contributed by atoms with Crippen LogP contribution in [-0.2, 0) is 4.74 Å². The molecule has 0 spiro atoms. The molecular weight excluding hydrogens is 187 g/mol. The first-order valence-corrected chi connectivity index (χ1v) is 8.31. The summed E-state index contributed by atoms with van der Waals surface area (Å²) in [4.78, 5) is 0. The van der Waals surface area contributed by atoms with Crippen LogP contribution >= 0.6 is 20.8 Å². The normalized spacial score (nSPS) is 17.4. The number of halogens is 1. The fraction of sp³-hybridized carbons (Fsp3) is 1.00. The molecule has 0 N–H and O–H groups in total. The van der Waals surface area contributed by atoms with Crippen molar-refractivity contribution < 1.29 is 4.74 Å². The van der Waals surface area contributed by atoms with E-state index in [1.165, 1.54) is 0 Å². The zero-order chi connectivity index (χ0) is 6.86. The van der Waals surface area contributed by atoms with Crippen molar-refractivity contribution >= 4 is 20.8 Å². The third kappa shape index (κ3) is 6.87. The maximum atomic E-state index is 5.02. The molecule has 52 valence electrons. The second-order valence-electron chi connectivity index (χ2n) is 3.33. The summed E-state index contributed by atoms with van der Waals surface area (Å²) >= 11 is 3.65. The van der Waals surface area contributed by atoms with Crippen LogP contribution in [0.2, 0.25) is 0 Å². The van der Waals surface area contributed by atoms with Gasteiger partial charge in [0.2, 0.25) is 0 Å². The van der Waals surface area contributed by atoms with Crippen LogP contribution in [0.5, 0.6) is 0 Å². The second-order valence-corrected chi connectivity index (χ2v) is 17.3. The van der Waals surface area contributed by atoms with E-state index in [0.717, 1.165) is 6.35 Å². The van der Waals surface area contributed by atoms with Gasteiger partial charge in [-0.3, -0.25) is 0 Å². The molecule has 0 amide bonds. The quantitative estimate of drug-likeness (QED) is 0.623. The molecule has 0 bridgehead atoms. The van der Waals surface area contributed by atoms with Gasteiger partial charge in [0.1, 0.15) is 0 Å². The summed E-state index contributed by atoms with van der Waals surface area (Å²) in [6.07, 6.45) is 0.853. The predicted octanol–water partition coefficient (Wildman–Crippen LogP) is 2.34. The molecule has 0 atom stereocenters. The second kappa shape index (κ2) is 2.24. The first-order valence-electron chi connectivity index (χ1n) is 2.52. The van der Waals surface area contributed by atoms with Crippen molar-refractivity contribution in [1.82, 2.24) is 0 Å². The van der Waals surface area contributed by atoms with E-state index in [1.54, 1.807) is 7.11 Å². The Labute approximate surface area is 59.5 Å². The standard InChI is InChI=1S/C5H14BrOP/c1-7-5-8(2,3,4)6/h5H2,1-4H3. The molecule has 1 nitrogen and oxygen atoms in total. The number of hydrogen-bond donors (Lipinski definition) is 0.